The van der Waals surface area contributed by atoms with E-state index in [1.165, 1.54) is 25.8 Å². The fourth-order valence-corrected chi connectivity index (χ4v) is 3.78. The van der Waals surface area contributed by atoms with Gasteiger partial charge in [0.15, 0.2) is 0 Å². The first-order valence-electron chi connectivity index (χ1n) is 8.18. The quantitative estimate of drug-likeness (QED) is 0.821. The molecule has 2 rings (SSSR count). The van der Waals surface area contributed by atoms with Gasteiger partial charge in [0, 0.05) is 25.7 Å². The molecule has 2 fully saturated rings. The topological polar surface area (TPSA) is 35.5 Å². The summed E-state index contributed by atoms with van der Waals surface area (Å²) in [5.74, 6) is 1.68. The van der Waals surface area contributed by atoms with Crippen LogP contribution in [0.2, 0.25) is 0 Å². The highest BCUT2D eigenvalue weighted by Gasteiger charge is 2.32. The first-order chi connectivity index (χ1) is 9.00. The lowest BCUT2D eigenvalue weighted by Gasteiger charge is -2.41. The number of nitrogens with zero attached hydrogens (tertiary/aromatic N) is 1. The molecule has 0 aromatic carbocycles. The molecule has 3 unspecified atom stereocenters. The predicted octanol–water partition coefficient (Wildman–Crippen LogP) is 2.25. The maximum atomic E-state index is 10.0. The molecule has 0 radical (unpaired) electrons. The minimum atomic E-state index is -0.419. The maximum Gasteiger partial charge on any atom is 0.0644 e. The van der Waals surface area contributed by atoms with Crippen molar-refractivity contribution in [1.82, 2.24) is 10.2 Å². The van der Waals surface area contributed by atoms with E-state index in [9.17, 15) is 5.11 Å². The first-order valence-corrected chi connectivity index (χ1v) is 8.18. The second kappa shape index (κ2) is 6.55. The summed E-state index contributed by atoms with van der Waals surface area (Å²) in [6.07, 6.45) is 5.95. The highest BCUT2D eigenvalue weighted by Crippen LogP contribution is 2.31. The third-order valence-corrected chi connectivity index (χ3v) is 5.14. The van der Waals surface area contributed by atoms with Crippen LogP contribution < -0.4 is 5.32 Å². The molecule has 2 aliphatic rings. The Labute approximate surface area is 118 Å². The Morgan fingerprint density at radius 2 is 1.95 bits per heavy atom. The Hall–Kier alpha value is -0.120. The second-order valence-electron chi connectivity index (χ2n) is 7.14. The molecule has 1 aliphatic carbocycles. The van der Waals surface area contributed by atoms with E-state index in [0.29, 0.717) is 6.04 Å². The van der Waals surface area contributed by atoms with Crippen LogP contribution in [0.25, 0.3) is 0 Å². The average molecular weight is 268 g/mol. The first kappa shape index (κ1) is 15.3. The molecular weight excluding hydrogens is 236 g/mol. The molecule has 0 aromatic heterocycles. The Bertz CT molecular complexity index is 270. The van der Waals surface area contributed by atoms with Crippen LogP contribution in [0.5, 0.6) is 0 Å². The molecule has 0 amide bonds. The van der Waals surface area contributed by atoms with Gasteiger partial charge in [-0.05, 0) is 57.4 Å². The Morgan fingerprint density at radius 3 is 2.58 bits per heavy atom. The molecule has 0 spiro atoms. The summed E-state index contributed by atoms with van der Waals surface area (Å²) in [5.41, 5.74) is -0.419. The summed E-state index contributed by atoms with van der Waals surface area (Å²) in [6, 6.07) is 0.712. The number of hydrogen-bond donors (Lipinski definition) is 2. The van der Waals surface area contributed by atoms with Crippen molar-refractivity contribution >= 4 is 0 Å². The van der Waals surface area contributed by atoms with Crippen molar-refractivity contribution in [1.29, 1.82) is 0 Å². The lowest BCUT2D eigenvalue weighted by atomic mass is 9.78. The zero-order valence-corrected chi connectivity index (χ0v) is 13.0. The van der Waals surface area contributed by atoms with Gasteiger partial charge in [-0.25, -0.2) is 0 Å². The van der Waals surface area contributed by atoms with E-state index in [0.717, 1.165) is 44.3 Å². The van der Waals surface area contributed by atoms with Crippen LogP contribution in [0.15, 0.2) is 0 Å². The van der Waals surface area contributed by atoms with Crippen LogP contribution in [-0.4, -0.2) is 47.8 Å². The van der Waals surface area contributed by atoms with Crippen molar-refractivity contribution in [2.24, 2.45) is 11.8 Å². The van der Waals surface area contributed by atoms with Crippen LogP contribution >= 0.6 is 0 Å². The monoisotopic (exact) mass is 268 g/mol. The van der Waals surface area contributed by atoms with Crippen molar-refractivity contribution in [2.45, 2.75) is 64.5 Å². The highest BCUT2D eigenvalue weighted by molar-refractivity contribution is 4.88. The number of rotatable bonds is 4. The molecular formula is C16H32N2O. The van der Waals surface area contributed by atoms with Crippen molar-refractivity contribution in [3.05, 3.63) is 0 Å². The van der Waals surface area contributed by atoms with Gasteiger partial charge in [-0.2, -0.15) is 0 Å². The summed E-state index contributed by atoms with van der Waals surface area (Å²) < 4.78 is 0. The van der Waals surface area contributed by atoms with E-state index < -0.39 is 5.60 Å². The fourth-order valence-electron chi connectivity index (χ4n) is 3.78. The number of nitrogens with one attached hydrogen (secondary N) is 1. The van der Waals surface area contributed by atoms with Gasteiger partial charge in [0.05, 0.1) is 5.60 Å². The van der Waals surface area contributed by atoms with Gasteiger partial charge >= 0.3 is 0 Å². The molecule has 0 bridgehead atoms. The molecule has 3 atom stereocenters. The lowest BCUT2D eigenvalue weighted by Crippen LogP contribution is -2.49. The molecule has 112 valence electrons. The number of hydrogen-bond acceptors (Lipinski definition) is 3. The summed E-state index contributed by atoms with van der Waals surface area (Å²) in [5, 5.41) is 13.7. The SMILES string of the molecule is CCNC1CCC(C)CC1CN1CCC(C)(O)CC1. The Balaban J connectivity index is 1.85. The number of aliphatic hydroxyl groups is 1. The summed E-state index contributed by atoms with van der Waals surface area (Å²) in [4.78, 5) is 2.57. The largest absolute Gasteiger partial charge is 0.390 e. The molecule has 1 aliphatic heterocycles. The van der Waals surface area contributed by atoms with Gasteiger partial charge < -0.3 is 15.3 Å². The van der Waals surface area contributed by atoms with E-state index in [2.05, 4.69) is 24.1 Å². The lowest BCUT2D eigenvalue weighted by molar-refractivity contribution is -0.0124. The number of likely N-dealkylation sites (tertiary alicyclic amines) is 1. The summed E-state index contributed by atoms with van der Waals surface area (Å²) >= 11 is 0. The van der Waals surface area contributed by atoms with Crippen LogP contribution in [0.1, 0.15) is 52.9 Å². The zero-order chi connectivity index (χ0) is 13.9. The van der Waals surface area contributed by atoms with Gasteiger partial charge in [-0.1, -0.05) is 13.8 Å². The van der Waals surface area contributed by atoms with Crippen LogP contribution in [0, 0.1) is 11.8 Å². The standard InChI is InChI=1S/C16H32N2O/c1-4-17-15-6-5-13(2)11-14(15)12-18-9-7-16(3,19)8-10-18/h13-15,17,19H,4-12H2,1-3H3. The second-order valence-corrected chi connectivity index (χ2v) is 7.14. The Morgan fingerprint density at radius 1 is 1.26 bits per heavy atom. The Kier molecular flexibility index (Phi) is 5.27. The normalized spacial score (nSPS) is 36.3. The predicted molar refractivity (Wildman–Crippen MR) is 80.3 cm³/mol. The van der Waals surface area contributed by atoms with E-state index in [4.69, 9.17) is 0 Å². The average Bonchev–Trinajstić information content (AvgIpc) is 2.35. The van der Waals surface area contributed by atoms with Crippen LogP contribution in [-0.2, 0) is 0 Å². The van der Waals surface area contributed by atoms with E-state index in [1.807, 2.05) is 6.92 Å². The summed E-state index contributed by atoms with van der Waals surface area (Å²) in [6.45, 7) is 11.0. The molecule has 19 heavy (non-hydrogen) atoms. The summed E-state index contributed by atoms with van der Waals surface area (Å²) in [7, 11) is 0. The van der Waals surface area contributed by atoms with Gasteiger partial charge in [-0.3, -0.25) is 0 Å². The molecule has 2 N–H and O–H groups in total. The highest BCUT2D eigenvalue weighted by atomic mass is 16.3. The van der Waals surface area contributed by atoms with Gasteiger partial charge in [0.1, 0.15) is 0 Å². The molecule has 1 saturated carbocycles. The van der Waals surface area contributed by atoms with Crippen LogP contribution in [0.4, 0.5) is 0 Å². The van der Waals surface area contributed by atoms with Gasteiger partial charge in [0.2, 0.25) is 0 Å². The minimum absolute atomic E-state index is 0.419. The van der Waals surface area contributed by atoms with E-state index in [1.54, 1.807) is 0 Å². The van der Waals surface area contributed by atoms with Crippen molar-refractivity contribution < 1.29 is 5.11 Å². The molecule has 1 saturated heterocycles. The molecule has 3 nitrogen and oxygen atoms in total. The minimum Gasteiger partial charge on any atom is -0.390 e. The maximum absolute atomic E-state index is 10.0. The van der Waals surface area contributed by atoms with Crippen molar-refractivity contribution in [3.8, 4) is 0 Å². The molecule has 1 heterocycles. The third kappa shape index (κ3) is 4.44. The van der Waals surface area contributed by atoms with E-state index in [-0.39, 0.29) is 0 Å². The third-order valence-electron chi connectivity index (χ3n) is 5.14. The smallest absolute Gasteiger partial charge is 0.0644 e. The fraction of sp³-hybridized carbons (Fsp3) is 1.00. The van der Waals surface area contributed by atoms with E-state index >= 15 is 0 Å². The van der Waals surface area contributed by atoms with Crippen LogP contribution in [0.3, 0.4) is 0 Å². The van der Waals surface area contributed by atoms with Gasteiger partial charge in [0.25, 0.3) is 0 Å². The van der Waals surface area contributed by atoms with Crippen molar-refractivity contribution in [2.75, 3.05) is 26.2 Å². The number of piperidine rings is 1. The molecule has 3 heteroatoms. The van der Waals surface area contributed by atoms with Gasteiger partial charge in [-0.15, -0.1) is 0 Å². The molecule has 0 aromatic rings. The zero-order valence-electron chi connectivity index (χ0n) is 13.0. The van der Waals surface area contributed by atoms with Crippen molar-refractivity contribution in [3.63, 3.8) is 0 Å².